The van der Waals surface area contributed by atoms with Crippen LogP contribution in [0.15, 0.2) is 36.4 Å². The predicted molar refractivity (Wildman–Crippen MR) is 56.9 cm³/mol. The lowest BCUT2D eigenvalue weighted by atomic mass is 9.94. The van der Waals surface area contributed by atoms with Crippen LogP contribution in [0.25, 0.3) is 0 Å². The van der Waals surface area contributed by atoms with Crippen LogP contribution in [0, 0.1) is 6.92 Å². The SMILES string of the molecule is C=C1CCCC1c1ccc(C)cc1. The second-order valence-electron chi connectivity index (χ2n) is 4.01. The third-order valence-corrected chi connectivity index (χ3v) is 2.96. The molecular weight excluding hydrogens is 156 g/mol. The van der Waals surface area contributed by atoms with E-state index < -0.39 is 0 Å². The molecule has 13 heavy (non-hydrogen) atoms. The second-order valence-corrected chi connectivity index (χ2v) is 4.01. The van der Waals surface area contributed by atoms with Crippen molar-refractivity contribution in [2.75, 3.05) is 0 Å². The zero-order valence-electron chi connectivity index (χ0n) is 8.22. The Kier molecular flexibility index (Phi) is 2.22. The molecule has 0 aromatic heterocycles. The van der Waals surface area contributed by atoms with Gasteiger partial charge in [0.05, 0.1) is 0 Å². The highest BCUT2D eigenvalue weighted by molar-refractivity contribution is 5.31. The van der Waals surface area contributed by atoms with E-state index in [2.05, 4.69) is 37.8 Å². The average Bonchev–Trinajstić information content (AvgIpc) is 2.53. The fourth-order valence-corrected chi connectivity index (χ4v) is 2.11. The van der Waals surface area contributed by atoms with E-state index in [1.54, 1.807) is 0 Å². The molecule has 0 heterocycles. The van der Waals surface area contributed by atoms with Crippen molar-refractivity contribution in [3.05, 3.63) is 47.5 Å². The van der Waals surface area contributed by atoms with E-state index in [0.29, 0.717) is 5.92 Å². The minimum atomic E-state index is 0.639. The molecular formula is C13H16. The maximum absolute atomic E-state index is 4.13. The van der Waals surface area contributed by atoms with Gasteiger partial charge in [-0.05, 0) is 31.7 Å². The highest BCUT2D eigenvalue weighted by Crippen LogP contribution is 2.37. The predicted octanol–water partition coefficient (Wildman–Crippen LogP) is 3.82. The van der Waals surface area contributed by atoms with Crippen molar-refractivity contribution >= 4 is 0 Å². The molecule has 0 amide bonds. The summed E-state index contributed by atoms with van der Waals surface area (Å²) in [6.07, 6.45) is 3.83. The Morgan fingerprint density at radius 3 is 2.46 bits per heavy atom. The van der Waals surface area contributed by atoms with Crippen molar-refractivity contribution in [1.82, 2.24) is 0 Å². The molecule has 0 heteroatoms. The third kappa shape index (κ3) is 1.67. The molecule has 0 saturated heterocycles. The zero-order valence-corrected chi connectivity index (χ0v) is 8.22. The number of benzene rings is 1. The molecule has 1 aromatic rings. The van der Waals surface area contributed by atoms with Crippen LogP contribution < -0.4 is 0 Å². The van der Waals surface area contributed by atoms with E-state index >= 15 is 0 Å². The van der Waals surface area contributed by atoms with Gasteiger partial charge in [0.15, 0.2) is 0 Å². The van der Waals surface area contributed by atoms with Crippen molar-refractivity contribution in [2.24, 2.45) is 0 Å². The quantitative estimate of drug-likeness (QED) is 0.565. The molecule has 1 atom stereocenters. The van der Waals surface area contributed by atoms with Gasteiger partial charge in [0.1, 0.15) is 0 Å². The smallest absolute Gasteiger partial charge is 0.00455 e. The summed E-state index contributed by atoms with van der Waals surface area (Å²) in [6.45, 7) is 6.27. The monoisotopic (exact) mass is 172 g/mol. The van der Waals surface area contributed by atoms with Crippen molar-refractivity contribution in [3.63, 3.8) is 0 Å². The summed E-state index contributed by atoms with van der Waals surface area (Å²) in [5.41, 5.74) is 4.21. The fourth-order valence-electron chi connectivity index (χ4n) is 2.11. The van der Waals surface area contributed by atoms with Gasteiger partial charge in [-0.2, -0.15) is 0 Å². The van der Waals surface area contributed by atoms with E-state index in [1.165, 1.54) is 36.0 Å². The normalized spacial score (nSPS) is 22.2. The van der Waals surface area contributed by atoms with Crippen LogP contribution in [-0.4, -0.2) is 0 Å². The van der Waals surface area contributed by atoms with Gasteiger partial charge in [-0.25, -0.2) is 0 Å². The van der Waals surface area contributed by atoms with Crippen LogP contribution in [0.1, 0.15) is 36.3 Å². The van der Waals surface area contributed by atoms with Gasteiger partial charge in [0.2, 0.25) is 0 Å². The highest BCUT2D eigenvalue weighted by Gasteiger charge is 2.20. The molecule has 2 rings (SSSR count). The number of hydrogen-bond donors (Lipinski definition) is 0. The van der Waals surface area contributed by atoms with Crippen LogP contribution in [0.3, 0.4) is 0 Å². The largest absolute Gasteiger partial charge is 0.0992 e. The van der Waals surface area contributed by atoms with Crippen LogP contribution in [-0.2, 0) is 0 Å². The summed E-state index contributed by atoms with van der Waals surface area (Å²) in [7, 11) is 0. The minimum Gasteiger partial charge on any atom is -0.0992 e. The summed E-state index contributed by atoms with van der Waals surface area (Å²) in [4.78, 5) is 0. The van der Waals surface area contributed by atoms with Crippen LogP contribution in [0.5, 0.6) is 0 Å². The summed E-state index contributed by atoms with van der Waals surface area (Å²) < 4.78 is 0. The molecule has 1 aliphatic carbocycles. The molecule has 1 saturated carbocycles. The Bertz CT molecular complexity index is 305. The third-order valence-electron chi connectivity index (χ3n) is 2.96. The van der Waals surface area contributed by atoms with Gasteiger partial charge in [-0.15, -0.1) is 0 Å². The Hall–Kier alpha value is -1.04. The first kappa shape index (κ1) is 8.55. The molecule has 1 fully saturated rings. The molecule has 1 aromatic carbocycles. The summed E-state index contributed by atoms with van der Waals surface area (Å²) in [5, 5.41) is 0. The standard InChI is InChI=1S/C13H16/c1-10-6-8-12(9-7-10)13-5-3-4-11(13)2/h6-9,13H,2-5H2,1H3. The molecule has 0 bridgehead atoms. The van der Waals surface area contributed by atoms with Gasteiger partial charge < -0.3 is 0 Å². The molecule has 0 spiro atoms. The topological polar surface area (TPSA) is 0 Å². The fraction of sp³-hybridized carbons (Fsp3) is 0.385. The highest BCUT2D eigenvalue weighted by atomic mass is 14.2. The van der Waals surface area contributed by atoms with Crippen LogP contribution >= 0.6 is 0 Å². The van der Waals surface area contributed by atoms with Gasteiger partial charge in [-0.1, -0.05) is 42.0 Å². The Balaban J connectivity index is 2.25. The van der Waals surface area contributed by atoms with E-state index in [4.69, 9.17) is 0 Å². The van der Waals surface area contributed by atoms with E-state index in [-0.39, 0.29) is 0 Å². The van der Waals surface area contributed by atoms with E-state index in [1.807, 2.05) is 0 Å². The Morgan fingerprint density at radius 2 is 1.92 bits per heavy atom. The number of allylic oxidation sites excluding steroid dienone is 1. The molecule has 0 nitrogen and oxygen atoms in total. The van der Waals surface area contributed by atoms with E-state index in [9.17, 15) is 0 Å². The Labute approximate surface area is 80.3 Å². The number of hydrogen-bond acceptors (Lipinski definition) is 0. The summed E-state index contributed by atoms with van der Waals surface area (Å²) >= 11 is 0. The maximum atomic E-state index is 4.13. The van der Waals surface area contributed by atoms with Gasteiger partial charge in [0, 0.05) is 5.92 Å². The second kappa shape index (κ2) is 3.37. The first-order valence-corrected chi connectivity index (χ1v) is 5.01. The molecule has 0 radical (unpaired) electrons. The minimum absolute atomic E-state index is 0.639. The first-order chi connectivity index (χ1) is 6.27. The maximum Gasteiger partial charge on any atom is 0.00455 e. The lowest BCUT2D eigenvalue weighted by Gasteiger charge is -2.11. The van der Waals surface area contributed by atoms with Crippen molar-refractivity contribution < 1.29 is 0 Å². The molecule has 0 aliphatic heterocycles. The van der Waals surface area contributed by atoms with Gasteiger partial charge in [0.25, 0.3) is 0 Å². The van der Waals surface area contributed by atoms with Crippen molar-refractivity contribution in [3.8, 4) is 0 Å². The van der Waals surface area contributed by atoms with Crippen molar-refractivity contribution in [2.45, 2.75) is 32.1 Å². The molecule has 68 valence electrons. The van der Waals surface area contributed by atoms with Crippen LogP contribution in [0.4, 0.5) is 0 Å². The summed E-state index contributed by atoms with van der Waals surface area (Å²) in [5.74, 6) is 0.639. The lowest BCUT2D eigenvalue weighted by Crippen LogP contribution is -1.93. The number of aryl methyl sites for hydroxylation is 1. The summed E-state index contributed by atoms with van der Waals surface area (Å²) in [6, 6.07) is 8.88. The van der Waals surface area contributed by atoms with Gasteiger partial charge >= 0.3 is 0 Å². The first-order valence-electron chi connectivity index (χ1n) is 5.01. The molecule has 1 aliphatic rings. The van der Waals surface area contributed by atoms with E-state index in [0.717, 1.165) is 0 Å². The molecule has 0 N–H and O–H groups in total. The average molecular weight is 172 g/mol. The zero-order chi connectivity index (χ0) is 9.26. The van der Waals surface area contributed by atoms with Crippen LogP contribution in [0.2, 0.25) is 0 Å². The van der Waals surface area contributed by atoms with Gasteiger partial charge in [-0.3, -0.25) is 0 Å². The van der Waals surface area contributed by atoms with Crippen molar-refractivity contribution in [1.29, 1.82) is 0 Å². The number of rotatable bonds is 1. The lowest BCUT2D eigenvalue weighted by molar-refractivity contribution is 0.793. The Morgan fingerprint density at radius 1 is 1.23 bits per heavy atom. The molecule has 1 unspecified atom stereocenters.